The van der Waals surface area contributed by atoms with Crippen LogP contribution in [0.4, 0.5) is 0 Å². The van der Waals surface area contributed by atoms with Crippen LogP contribution < -0.4 is 5.73 Å². The Morgan fingerprint density at radius 1 is 1.50 bits per heavy atom. The summed E-state index contributed by atoms with van der Waals surface area (Å²) in [5.74, 6) is -0.492. The summed E-state index contributed by atoms with van der Waals surface area (Å²) in [4.78, 5) is 13.4. The molecule has 0 fully saturated rings. The van der Waals surface area contributed by atoms with E-state index in [1.807, 2.05) is 6.07 Å². The van der Waals surface area contributed by atoms with Crippen LogP contribution >= 0.6 is 0 Å². The number of benzene rings is 1. The van der Waals surface area contributed by atoms with Gasteiger partial charge in [0.25, 0.3) is 0 Å². The third-order valence-electron chi connectivity index (χ3n) is 3.09. The molecular formula is C14H22N2O2. The zero-order chi connectivity index (χ0) is 16.2. The lowest BCUT2D eigenvalue weighted by Gasteiger charge is -2.31. The van der Waals surface area contributed by atoms with Crippen molar-refractivity contribution < 1.29 is 14.0 Å². The molecule has 18 heavy (non-hydrogen) atoms. The normalized spacial score (nSPS) is 19.0. The number of aliphatic hydroxyl groups is 1. The van der Waals surface area contributed by atoms with Gasteiger partial charge in [0.1, 0.15) is 0 Å². The first-order valence-corrected chi connectivity index (χ1v) is 5.89. The molecule has 0 bridgehead atoms. The van der Waals surface area contributed by atoms with E-state index >= 15 is 0 Å². The quantitative estimate of drug-likeness (QED) is 0.831. The molecule has 0 spiro atoms. The van der Waals surface area contributed by atoms with Crippen molar-refractivity contribution >= 4 is 5.91 Å². The minimum Gasteiger partial charge on any atom is -0.386 e. The highest BCUT2D eigenvalue weighted by Gasteiger charge is 2.26. The Morgan fingerprint density at radius 3 is 2.67 bits per heavy atom. The first-order chi connectivity index (χ1) is 9.63. The minimum atomic E-state index is -2.25. The topological polar surface area (TPSA) is 66.6 Å². The van der Waals surface area contributed by atoms with Gasteiger partial charge in [-0.1, -0.05) is 37.2 Å². The molecule has 0 heterocycles. The van der Waals surface area contributed by atoms with E-state index in [9.17, 15) is 9.90 Å². The van der Waals surface area contributed by atoms with Crippen molar-refractivity contribution in [3.05, 3.63) is 35.9 Å². The predicted molar refractivity (Wildman–Crippen MR) is 71.9 cm³/mol. The van der Waals surface area contributed by atoms with Crippen LogP contribution in [0.5, 0.6) is 0 Å². The van der Waals surface area contributed by atoms with E-state index in [1.165, 1.54) is 11.9 Å². The highest BCUT2D eigenvalue weighted by atomic mass is 16.3. The van der Waals surface area contributed by atoms with Crippen LogP contribution in [0.1, 0.15) is 36.0 Å². The molecule has 0 saturated heterocycles. The van der Waals surface area contributed by atoms with Gasteiger partial charge in [-0.05, 0) is 18.9 Å². The highest BCUT2D eigenvalue weighted by Crippen LogP contribution is 2.20. The van der Waals surface area contributed by atoms with E-state index in [2.05, 4.69) is 0 Å². The number of likely N-dealkylation sites (N-methyl/N-ethyl adjacent to an activating group) is 1. The van der Waals surface area contributed by atoms with Gasteiger partial charge in [-0.15, -0.1) is 0 Å². The maximum absolute atomic E-state index is 12.1. The molecule has 0 aliphatic heterocycles. The monoisotopic (exact) mass is 253 g/mol. The Hall–Kier alpha value is -1.39. The van der Waals surface area contributed by atoms with E-state index < -0.39 is 30.9 Å². The molecule has 0 aromatic heterocycles. The summed E-state index contributed by atoms with van der Waals surface area (Å²) in [7, 11) is 1.51. The third-order valence-corrected chi connectivity index (χ3v) is 3.09. The number of nitrogens with two attached hydrogens (primary N) is 1. The second kappa shape index (κ2) is 6.52. The molecule has 1 aromatic carbocycles. The fraction of sp³-hybridized carbons (Fsp3) is 0.500. The Morgan fingerprint density at radius 2 is 2.11 bits per heavy atom. The van der Waals surface area contributed by atoms with Crippen molar-refractivity contribution in [2.45, 2.75) is 38.4 Å². The van der Waals surface area contributed by atoms with E-state index in [0.29, 0.717) is 5.56 Å². The number of amides is 1. The summed E-state index contributed by atoms with van der Waals surface area (Å²) >= 11 is 0. The van der Waals surface area contributed by atoms with Crippen molar-refractivity contribution in [2.75, 3.05) is 7.05 Å². The lowest BCUT2D eigenvalue weighted by molar-refractivity contribution is -0.135. The number of rotatable bonds is 5. The minimum absolute atomic E-state index is 0.385. The summed E-state index contributed by atoms with van der Waals surface area (Å²) in [5, 5.41) is 10.3. The van der Waals surface area contributed by atoms with Crippen molar-refractivity contribution in [3.8, 4) is 0 Å². The highest BCUT2D eigenvalue weighted by molar-refractivity contribution is 5.81. The van der Waals surface area contributed by atoms with Crippen LogP contribution in [0.2, 0.25) is 0 Å². The number of carbonyl (C=O) groups excluding carboxylic acids is 1. The third kappa shape index (κ3) is 3.31. The van der Waals surface area contributed by atoms with E-state index in [0.717, 1.165) is 0 Å². The fourth-order valence-electron chi connectivity index (χ4n) is 1.69. The Balaban J connectivity index is 2.73. The predicted octanol–water partition coefficient (Wildman–Crippen LogP) is 1.30. The maximum atomic E-state index is 12.1. The van der Waals surface area contributed by atoms with Crippen LogP contribution in [0, 0.1) is 0 Å². The lowest BCUT2D eigenvalue weighted by Crippen LogP contribution is -2.47. The Bertz CT molecular complexity index is 465. The van der Waals surface area contributed by atoms with Crippen LogP contribution in [0.25, 0.3) is 0 Å². The second-order valence-corrected chi connectivity index (χ2v) is 4.36. The molecule has 0 aliphatic rings. The van der Waals surface area contributed by atoms with Crippen molar-refractivity contribution in [3.63, 3.8) is 0 Å². The Kier molecular flexibility index (Phi) is 3.81. The van der Waals surface area contributed by atoms with Gasteiger partial charge in [-0.3, -0.25) is 4.79 Å². The lowest BCUT2D eigenvalue weighted by atomic mass is 10.0. The molecule has 1 amide bonds. The molecule has 3 N–H and O–H groups in total. The van der Waals surface area contributed by atoms with Crippen LogP contribution in [0.3, 0.4) is 0 Å². The summed E-state index contributed by atoms with van der Waals surface area (Å²) in [5.41, 5.74) is 6.34. The summed E-state index contributed by atoms with van der Waals surface area (Å²) in [6, 6.07) is 7.35. The van der Waals surface area contributed by atoms with Crippen LogP contribution in [-0.2, 0) is 4.79 Å². The molecule has 3 atom stereocenters. The molecule has 0 unspecified atom stereocenters. The average molecular weight is 253 g/mol. The zero-order valence-electron chi connectivity index (χ0n) is 13.7. The zero-order valence-corrected chi connectivity index (χ0v) is 10.7. The molecule has 0 aliphatic carbocycles. The van der Waals surface area contributed by atoms with Gasteiger partial charge in [0, 0.05) is 11.2 Å². The average Bonchev–Trinajstić information content (AvgIpc) is 2.43. The standard InChI is InChI=1S/C14H22N2O2/c1-4-12(15)14(18)16(3)10(2)13(17)11-8-6-5-7-9-11/h5-10,12-13,17H,4,15H2,1-3H3/t10-,12+,13+/m1/s1/i1D3. The molecule has 0 saturated carbocycles. The van der Waals surface area contributed by atoms with Crippen molar-refractivity contribution in [1.29, 1.82) is 0 Å². The van der Waals surface area contributed by atoms with Gasteiger partial charge < -0.3 is 15.7 Å². The molecule has 0 radical (unpaired) electrons. The number of carbonyl (C=O) groups is 1. The van der Waals surface area contributed by atoms with Gasteiger partial charge in [0.05, 0.1) is 18.2 Å². The van der Waals surface area contributed by atoms with Gasteiger partial charge >= 0.3 is 0 Å². The van der Waals surface area contributed by atoms with Crippen LogP contribution in [0.15, 0.2) is 30.3 Å². The van der Waals surface area contributed by atoms with Crippen LogP contribution in [-0.4, -0.2) is 35.0 Å². The fourth-order valence-corrected chi connectivity index (χ4v) is 1.69. The SMILES string of the molecule is [2H]C([2H])([2H])C[C@H](N)C(=O)N(C)[C@H](C)[C@H](O)c1ccccc1. The molecule has 100 valence electrons. The largest absolute Gasteiger partial charge is 0.386 e. The summed E-state index contributed by atoms with van der Waals surface area (Å²) in [6.07, 6.45) is -1.25. The number of aliphatic hydroxyl groups excluding tert-OH is 1. The van der Waals surface area contributed by atoms with Gasteiger partial charge in [-0.25, -0.2) is 0 Å². The first kappa shape index (κ1) is 10.5. The molecule has 1 rings (SSSR count). The van der Waals surface area contributed by atoms with E-state index in [-0.39, 0.29) is 6.42 Å². The van der Waals surface area contributed by atoms with Crippen molar-refractivity contribution in [1.82, 2.24) is 4.90 Å². The Labute approximate surface area is 113 Å². The summed E-state index contributed by atoms with van der Waals surface area (Å²) < 4.78 is 21.5. The van der Waals surface area contributed by atoms with Gasteiger partial charge in [0.15, 0.2) is 0 Å². The molecule has 1 aromatic rings. The van der Waals surface area contributed by atoms with Crippen molar-refractivity contribution in [2.24, 2.45) is 5.73 Å². The van der Waals surface area contributed by atoms with Gasteiger partial charge in [0.2, 0.25) is 5.91 Å². The summed E-state index contributed by atoms with van der Waals surface area (Å²) in [6.45, 7) is -0.561. The molecular weight excluding hydrogens is 228 g/mol. The second-order valence-electron chi connectivity index (χ2n) is 4.36. The number of hydrogen-bond donors (Lipinski definition) is 2. The van der Waals surface area contributed by atoms with Gasteiger partial charge in [-0.2, -0.15) is 0 Å². The number of hydrogen-bond acceptors (Lipinski definition) is 3. The first-order valence-electron chi connectivity index (χ1n) is 7.39. The smallest absolute Gasteiger partial charge is 0.239 e. The molecule has 4 nitrogen and oxygen atoms in total. The van der Waals surface area contributed by atoms with E-state index in [1.54, 1.807) is 31.2 Å². The number of nitrogens with zero attached hydrogens (tertiary/aromatic N) is 1. The van der Waals surface area contributed by atoms with E-state index in [4.69, 9.17) is 9.85 Å². The molecule has 4 heteroatoms. The maximum Gasteiger partial charge on any atom is 0.239 e.